The van der Waals surface area contributed by atoms with E-state index in [1.54, 1.807) is 6.20 Å². The number of benzene rings is 2. The second-order valence-corrected chi connectivity index (χ2v) is 7.87. The van der Waals surface area contributed by atoms with Crippen LogP contribution in [0.2, 0.25) is 0 Å². The molecule has 1 atom stereocenters. The Morgan fingerprint density at radius 1 is 1.03 bits per heavy atom. The number of aryl methyl sites for hydroxylation is 2. The second-order valence-electron chi connectivity index (χ2n) is 7.87. The van der Waals surface area contributed by atoms with Crippen LogP contribution in [-0.2, 0) is 0 Å². The maximum atomic E-state index is 15.4. The minimum Gasteiger partial charge on any atom is -0.382 e. The van der Waals surface area contributed by atoms with Crippen molar-refractivity contribution in [1.29, 1.82) is 0 Å². The molecular formula is C24H21F5N4. The largest absolute Gasteiger partial charge is 0.390 e. The molecule has 0 spiro atoms. The van der Waals surface area contributed by atoms with Crippen molar-refractivity contribution in [2.24, 2.45) is 0 Å². The van der Waals surface area contributed by atoms with Crippen LogP contribution in [0.5, 0.6) is 0 Å². The molecule has 1 unspecified atom stereocenters. The molecule has 33 heavy (non-hydrogen) atoms. The number of nitrogens with one attached hydrogen (secondary N) is 1. The number of anilines is 1. The first-order chi connectivity index (χ1) is 15.6. The Labute approximate surface area is 187 Å². The molecule has 4 aromatic rings. The number of rotatable bonds is 6. The zero-order valence-electron chi connectivity index (χ0n) is 17.9. The van der Waals surface area contributed by atoms with Crippen molar-refractivity contribution in [3.63, 3.8) is 0 Å². The van der Waals surface area contributed by atoms with Crippen LogP contribution < -0.4 is 5.32 Å². The summed E-state index contributed by atoms with van der Waals surface area (Å²) in [7, 11) is 0. The predicted octanol–water partition coefficient (Wildman–Crippen LogP) is 6.58. The lowest BCUT2D eigenvalue weighted by Gasteiger charge is -2.14. The van der Waals surface area contributed by atoms with E-state index in [2.05, 4.69) is 15.4 Å². The van der Waals surface area contributed by atoms with E-state index in [4.69, 9.17) is 0 Å². The molecule has 9 heteroatoms. The van der Waals surface area contributed by atoms with Gasteiger partial charge in [0.05, 0.1) is 24.0 Å². The fourth-order valence-electron chi connectivity index (χ4n) is 3.51. The third-order valence-corrected chi connectivity index (χ3v) is 5.41. The third-order valence-electron chi connectivity index (χ3n) is 5.41. The molecule has 172 valence electrons. The monoisotopic (exact) mass is 460 g/mol. The zero-order chi connectivity index (χ0) is 23.8. The summed E-state index contributed by atoms with van der Waals surface area (Å²) in [6.45, 7) is 3.51. The smallest absolute Gasteiger partial charge is 0.382 e. The first kappa shape index (κ1) is 22.7. The predicted molar refractivity (Wildman–Crippen MR) is 116 cm³/mol. The Hall–Kier alpha value is -3.49. The van der Waals surface area contributed by atoms with Crippen molar-refractivity contribution in [2.45, 2.75) is 32.6 Å². The molecule has 0 fully saturated rings. The molecule has 0 bridgehead atoms. The van der Waals surface area contributed by atoms with Crippen LogP contribution in [-0.4, -0.2) is 27.3 Å². The number of imidazole rings is 1. The van der Waals surface area contributed by atoms with Gasteiger partial charge in [-0.1, -0.05) is 24.3 Å². The van der Waals surface area contributed by atoms with Crippen molar-refractivity contribution >= 4 is 11.3 Å². The average molecular weight is 460 g/mol. The highest BCUT2D eigenvalue weighted by Crippen LogP contribution is 2.31. The molecule has 0 saturated carbocycles. The lowest BCUT2D eigenvalue weighted by Crippen LogP contribution is -2.16. The number of fused-ring (bicyclic) bond motifs is 1. The van der Waals surface area contributed by atoms with Gasteiger partial charge in [0.1, 0.15) is 11.5 Å². The molecule has 0 aliphatic heterocycles. The Balaban J connectivity index is 1.82. The minimum atomic E-state index is -4.34. The van der Waals surface area contributed by atoms with Crippen molar-refractivity contribution in [2.75, 3.05) is 11.9 Å². The Bertz CT molecular complexity index is 1300. The molecule has 4 rings (SSSR count). The van der Waals surface area contributed by atoms with Gasteiger partial charge in [0, 0.05) is 12.1 Å². The lowest BCUT2D eigenvalue weighted by atomic mass is 10.0. The van der Waals surface area contributed by atoms with Crippen molar-refractivity contribution in [3.05, 3.63) is 82.9 Å². The van der Waals surface area contributed by atoms with E-state index in [0.717, 1.165) is 22.8 Å². The van der Waals surface area contributed by atoms with Crippen molar-refractivity contribution in [3.8, 4) is 11.3 Å². The van der Waals surface area contributed by atoms with Gasteiger partial charge in [-0.05, 0) is 54.8 Å². The highest BCUT2D eigenvalue weighted by Gasteiger charge is 2.27. The van der Waals surface area contributed by atoms with E-state index in [-0.39, 0.29) is 22.6 Å². The third kappa shape index (κ3) is 4.97. The molecule has 0 saturated heterocycles. The Morgan fingerprint density at radius 2 is 1.82 bits per heavy atom. The SMILES string of the molecule is Cc1ccc(-c2cnc3c(NCCC(F)(F)F)cc(C(F)c4cccc(F)c4)nn23)cc1C. The molecular weight excluding hydrogens is 439 g/mol. The van der Waals surface area contributed by atoms with E-state index in [1.807, 2.05) is 32.0 Å². The van der Waals surface area contributed by atoms with Crippen LogP contribution in [0, 0.1) is 19.7 Å². The Morgan fingerprint density at radius 3 is 2.52 bits per heavy atom. The summed E-state index contributed by atoms with van der Waals surface area (Å²) in [4.78, 5) is 4.32. The van der Waals surface area contributed by atoms with Gasteiger partial charge in [0.25, 0.3) is 0 Å². The molecule has 2 aromatic heterocycles. The first-order valence-electron chi connectivity index (χ1n) is 10.3. The van der Waals surface area contributed by atoms with Gasteiger partial charge in [-0.15, -0.1) is 0 Å². The molecule has 0 radical (unpaired) electrons. The van der Waals surface area contributed by atoms with Gasteiger partial charge in [0.15, 0.2) is 11.8 Å². The number of aromatic nitrogens is 3. The zero-order valence-corrected chi connectivity index (χ0v) is 17.9. The molecule has 0 aliphatic rings. The molecule has 4 nitrogen and oxygen atoms in total. The van der Waals surface area contributed by atoms with Gasteiger partial charge < -0.3 is 5.32 Å². The van der Waals surface area contributed by atoms with Gasteiger partial charge in [-0.25, -0.2) is 18.3 Å². The summed E-state index contributed by atoms with van der Waals surface area (Å²) in [5, 5.41) is 7.09. The summed E-state index contributed by atoms with van der Waals surface area (Å²) in [5.74, 6) is -0.599. The van der Waals surface area contributed by atoms with E-state index in [1.165, 1.54) is 28.8 Å². The fraction of sp³-hybridized carbons (Fsp3) is 0.250. The average Bonchev–Trinajstić information content (AvgIpc) is 3.18. The topological polar surface area (TPSA) is 42.2 Å². The summed E-state index contributed by atoms with van der Waals surface area (Å²) in [6, 6.07) is 12.1. The van der Waals surface area contributed by atoms with Crippen molar-refractivity contribution < 1.29 is 22.0 Å². The quantitative estimate of drug-likeness (QED) is 0.331. The second kappa shape index (κ2) is 8.80. The summed E-state index contributed by atoms with van der Waals surface area (Å²) in [6.07, 6.45) is -5.66. The van der Waals surface area contributed by atoms with E-state index in [0.29, 0.717) is 5.69 Å². The Kier molecular flexibility index (Phi) is 6.05. The molecule has 0 aliphatic carbocycles. The summed E-state index contributed by atoms with van der Waals surface area (Å²) < 4.78 is 68.4. The van der Waals surface area contributed by atoms with E-state index in [9.17, 15) is 17.6 Å². The van der Waals surface area contributed by atoms with Gasteiger partial charge >= 0.3 is 6.18 Å². The number of hydrogen-bond acceptors (Lipinski definition) is 3. The molecule has 2 heterocycles. The van der Waals surface area contributed by atoms with Gasteiger partial charge in [0.2, 0.25) is 0 Å². The number of nitrogens with zero attached hydrogens (tertiary/aromatic N) is 3. The standard InChI is InChI=1S/C24H21F5N4/c1-14-6-7-16(10-15(14)2)21-13-31-23-20(30-9-8-24(27,28)29)12-19(32-33(21)23)22(26)17-4-3-5-18(25)11-17/h3-7,10-13,22,30H,8-9H2,1-2H3. The molecule has 0 amide bonds. The van der Waals surface area contributed by atoms with Crippen LogP contribution in [0.4, 0.5) is 27.6 Å². The fourth-order valence-corrected chi connectivity index (χ4v) is 3.51. The van der Waals surface area contributed by atoms with Crippen LogP contribution in [0.3, 0.4) is 0 Å². The van der Waals surface area contributed by atoms with Crippen LogP contribution in [0.15, 0.2) is 54.7 Å². The minimum absolute atomic E-state index is 0.0518. The normalized spacial score (nSPS) is 12.8. The lowest BCUT2D eigenvalue weighted by molar-refractivity contribution is -0.131. The van der Waals surface area contributed by atoms with Gasteiger partial charge in [-0.2, -0.15) is 18.3 Å². The number of halogens is 5. The maximum absolute atomic E-state index is 15.4. The van der Waals surface area contributed by atoms with E-state index >= 15 is 4.39 Å². The van der Waals surface area contributed by atoms with Crippen LogP contribution in [0.1, 0.15) is 35.0 Å². The summed E-state index contributed by atoms with van der Waals surface area (Å²) >= 11 is 0. The highest BCUT2D eigenvalue weighted by atomic mass is 19.4. The number of alkyl halides is 4. The number of hydrogen-bond donors (Lipinski definition) is 1. The van der Waals surface area contributed by atoms with E-state index < -0.39 is 31.1 Å². The van der Waals surface area contributed by atoms with Crippen LogP contribution >= 0.6 is 0 Å². The van der Waals surface area contributed by atoms with Crippen molar-refractivity contribution in [1.82, 2.24) is 14.6 Å². The molecule has 2 aromatic carbocycles. The molecule has 1 N–H and O–H groups in total. The van der Waals surface area contributed by atoms with Crippen LogP contribution in [0.25, 0.3) is 16.9 Å². The highest BCUT2D eigenvalue weighted by molar-refractivity contribution is 5.73. The maximum Gasteiger partial charge on any atom is 0.390 e. The summed E-state index contributed by atoms with van der Waals surface area (Å²) in [5.41, 5.74) is 3.90. The first-order valence-corrected chi connectivity index (χ1v) is 10.3. The van der Waals surface area contributed by atoms with Gasteiger partial charge in [-0.3, -0.25) is 0 Å².